The van der Waals surface area contributed by atoms with E-state index >= 15 is 0 Å². The third kappa shape index (κ3) is 6.84. The van der Waals surface area contributed by atoms with Crippen molar-refractivity contribution in [1.29, 1.82) is 5.53 Å². The Morgan fingerprint density at radius 1 is 1.91 bits per heavy atom. The van der Waals surface area contributed by atoms with Crippen LogP contribution in [0, 0.1) is 5.53 Å². The molecule has 0 saturated carbocycles. The second-order valence-corrected chi connectivity index (χ2v) is 1.80. The molecule has 1 unspecified atom stereocenters. The van der Waals surface area contributed by atoms with Crippen molar-refractivity contribution >= 4 is 6.03 Å². The first-order valence-electron chi connectivity index (χ1n) is 2.89. The van der Waals surface area contributed by atoms with E-state index in [0.717, 1.165) is 0 Å². The lowest BCUT2D eigenvalue weighted by atomic mass is 10.5. The average molecular weight is 162 g/mol. The van der Waals surface area contributed by atoms with Crippen molar-refractivity contribution in [3.63, 3.8) is 0 Å². The quantitative estimate of drug-likeness (QED) is 0.255. The number of rotatable bonds is 4. The van der Waals surface area contributed by atoms with Crippen LogP contribution in [0.1, 0.15) is 6.92 Å². The fraction of sp³-hybridized carbons (Fsp3) is 0.750. The van der Waals surface area contributed by atoms with Crippen LogP contribution < -0.4 is 11.0 Å². The van der Waals surface area contributed by atoms with Crippen LogP contribution in [-0.2, 0) is 4.84 Å². The molecule has 0 aromatic heterocycles. The van der Waals surface area contributed by atoms with Crippen LogP contribution in [0.5, 0.6) is 0 Å². The Balaban J connectivity index is 3.14. The van der Waals surface area contributed by atoms with Gasteiger partial charge in [-0.1, -0.05) is 5.11 Å². The second kappa shape index (κ2) is 5.71. The minimum atomic E-state index is -0.865. The molecule has 0 heterocycles. The van der Waals surface area contributed by atoms with Crippen molar-refractivity contribution in [3.05, 3.63) is 0 Å². The van der Waals surface area contributed by atoms with Crippen molar-refractivity contribution in [2.45, 2.75) is 13.0 Å². The lowest BCUT2D eigenvalue weighted by Gasteiger charge is -2.05. The van der Waals surface area contributed by atoms with Crippen LogP contribution in [-0.4, -0.2) is 23.8 Å². The minimum absolute atomic E-state index is 0.0400. The van der Waals surface area contributed by atoms with E-state index in [1.165, 1.54) is 6.92 Å². The van der Waals surface area contributed by atoms with Crippen molar-refractivity contribution in [3.8, 4) is 0 Å². The number of urea groups is 1. The molecule has 0 radical (unpaired) electrons. The lowest BCUT2D eigenvalue weighted by molar-refractivity contribution is -0.0269. The van der Waals surface area contributed by atoms with Gasteiger partial charge >= 0.3 is 6.03 Å². The van der Waals surface area contributed by atoms with E-state index < -0.39 is 12.1 Å². The highest BCUT2D eigenvalue weighted by molar-refractivity contribution is 5.72. The normalized spacial score (nSPS) is 12.2. The van der Waals surface area contributed by atoms with Gasteiger partial charge in [0.25, 0.3) is 0 Å². The highest BCUT2D eigenvalue weighted by Crippen LogP contribution is 1.77. The lowest BCUT2D eigenvalue weighted by Crippen LogP contribution is -2.36. The molecule has 0 fully saturated rings. The first-order chi connectivity index (χ1) is 5.16. The molecule has 0 rings (SSSR count). The van der Waals surface area contributed by atoms with Gasteiger partial charge in [0.05, 0.1) is 12.7 Å². The van der Waals surface area contributed by atoms with Gasteiger partial charge < -0.3 is 5.11 Å². The smallest absolute Gasteiger partial charge is 0.375 e. The molecular weight excluding hydrogens is 152 g/mol. The fourth-order valence-corrected chi connectivity index (χ4v) is 0.270. The molecule has 0 bridgehead atoms. The summed E-state index contributed by atoms with van der Waals surface area (Å²) in [5.41, 5.74) is 10.1. The van der Waals surface area contributed by atoms with Gasteiger partial charge in [0, 0.05) is 0 Å². The average Bonchev–Trinajstić information content (AvgIpc) is 1.97. The molecule has 2 amide bonds. The molecule has 0 aliphatic carbocycles. The molecule has 64 valence electrons. The zero-order valence-electron chi connectivity index (χ0n) is 6.00. The largest absolute Gasteiger partial charge is 0.391 e. The Morgan fingerprint density at radius 3 is 3.00 bits per heavy atom. The van der Waals surface area contributed by atoms with E-state index in [0.29, 0.717) is 0 Å². The highest BCUT2D eigenvalue weighted by Gasteiger charge is 1.96. The number of nitrogens with zero attached hydrogens (tertiary/aromatic N) is 1. The first-order valence-corrected chi connectivity index (χ1v) is 2.89. The number of hydrazine groups is 1. The molecule has 4 N–H and O–H groups in total. The molecular formula is C4H10N4O3. The van der Waals surface area contributed by atoms with E-state index in [1.807, 2.05) is 11.0 Å². The summed E-state index contributed by atoms with van der Waals surface area (Å²) in [7, 11) is 0. The van der Waals surface area contributed by atoms with E-state index in [2.05, 4.69) is 9.95 Å². The molecule has 1 atom stereocenters. The third-order valence-corrected chi connectivity index (χ3v) is 0.656. The summed E-state index contributed by atoms with van der Waals surface area (Å²) >= 11 is 0. The van der Waals surface area contributed by atoms with Crippen LogP contribution >= 0.6 is 0 Å². The zero-order valence-corrected chi connectivity index (χ0v) is 6.00. The van der Waals surface area contributed by atoms with Gasteiger partial charge in [-0.25, -0.2) is 10.2 Å². The number of nitrogens with one attached hydrogen (secondary N) is 3. The van der Waals surface area contributed by atoms with Crippen LogP contribution in [0.3, 0.4) is 0 Å². The molecule has 0 aliphatic heterocycles. The number of hydrogen-bond donors (Lipinski definition) is 4. The van der Waals surface area contributed by atoms with Gasteiger partial charge in [-0.05, 0) is 6.92 Å². The molecule has 0 saturated heterocycles. The Morgan fingerprint density at radius 2 is 2.55 bits per heavy atom. The maximum atomic E-state index is 10.2. The maximum absolute atomic E-state index is 10.2. The van der Waals surface area contributed by atoms with Crippen LogP contribution in [0.25, 0.3) is 0 Å². The summed E-state index contributed by atoms with van der Waals surface area (Å²) in [5.74, 6) is 0. The summed E-state index contributed by atoms with van der Waals surface area (Å²) in [6.45, 7) is 1.57. The topological polar surface area (TPSA) is 107 Å². The van der Waals surface area contributed by atoms with Gasteiger partial charge in [-0.15, -0.1) is 5.59 Å². The van der Waals surface area contributed by atoms with E-state index in [9.17, 15) is 4.79 Å². The number of amides is 2. The predicted octanol–water partition coefficient (Wildman–Crippen LogP) is -0.456. The maximum Gasteiger partial charge on any atom is 0.375 e. The molecule has 0 aromatic rings. The van der Waals surface area contributed by atoms with Crippen LogP contribution in [0.4, 0.5) is 4.79 Å². The first kappa shape index (κ1) is 9.95. The molecule has 0 aromatic carbocycles. The van der Waals surface area contributed by atoms with Crippen LogP contribution in [0.2, 0.25) is 0 Å². The van der Waals surface area contributed by atoms with Gasteiger partial charge in [0.1, 0.15) is 0 Å². The number of aliphatic hydroxyl groups excluding tert-OH is 1. The number of hydrogen-bond acceptors (Lipinski definition) is 5. The van der Waals surface area contributed by atoms with Crippen molar-refractivity contribution in [2.75, 3.05) is 6.61 Å². The number of aliphatic hydroxyl groups is 1. The highest BCUT2D eigenvalue weighted by atomic mass is 16.7. The Bertz CT molecular complexity index is 137. The zero-order chi connectivity index (χ0) is 8.69. The van der Waals surface area contributed by atoms with Crippen LogP contribution in [0.15, 0.2) is 5.11 Å². The summed E-state index contributed by atoms with van der Waals surface area (Å²) in [4.78, 5) is 14.7. The Hall–Kier alpha value is -1.05. The molecule has 11 heavy (non-hydrogen) atoms. The molecule has 7 heteroatoms. The fourth-order valence-electron chi connectivity index (χ4n) is 0.270. The Kier molecular flexibility index (Phi) is 5.17. The van der Waals surface area contributed by atoms with Gasteiger partial charge in [0.15, 0.2) is 0 Å². The summed E-state index contributed by atoms with van der Waals surface area (Å²) in [6.07, 6.45) is -0.618. The molecule has 7 nitrogen and oxygen atoms in total. The van der Waals surface area contributed by atoms with Gasteiger partial charge in [-0.3, -0.25) is 4.84 Å². The van der Waals surface area contributed by atoms with Gasteiger partial charge in [-0.2, -0.15) is 5.53 Å². The van der Waals surface area contributed by atoms with Crippen molar-refractivity contribution < 1.29 is 14.7 Å². The Labute approximate surface area is 63.2 Å². The van der Waals surface area contributed by atoms with Gasteiger partial charge in [0.2, 0.25) is 0 Å². The minimum Gasteiger partial charge on any atom is -0.391 e. The summed E-state index contributed by atoms with van der Waals surface area (Å²) < 4.78 is 0. The summed E-state index contributed by atoms with van der Waals surface area (Å²) in [6, 6.07) is -0.865. The van der Waals surface area contributed by atoms with E-state index in [1.54, 1.807) is 0 Å². The predicted molar refractivity (Wildman–Crippen MR) is 34.4 cm³/mol. The molecule has 0 aliphatic rings. The standard InChI is InChI=1S/C4H10N4O3/c1-3(9)2-11-8-7-4(10)6-5/h3,5,8-9H,2H2,1H3,(H,7,10). The van der Waals surface area contributed by atoms with Crippen molar-refractivity contribution in [1.82, 2.24) is 11.0 Å². The SMILES string of the molecule is CC(O)CONNC(=O)N=N. The number of carbonyl (C=O) groups is 1. The molecule has 0 spiro atoms. The second-order valence-electron chi connectivity index (χ2n) is 1.80. The van der Waals surface area contributed by atoms with Crippen molar-refractivity contribution in [2.24, 2.45) is 5.11 Å². The monoisotopic (exact) mass is 162 g/mol. The summed E-state index contributed by atoms with van der Waals surface area (Å²) in [5, 5.41) is 11.1. The van der Waals surface area contributed by atoms with E-state index in [4.69, 9.17) is 10.6 Å². The third-order valence-electron chi connectivity index (χ3n) is 0.656. The van der Waals surface area contributed by atoms with E-state index in [-0.39, 0.29) is 6.61 Å². The number of carbonyl (C=O) groups excluding carboxylic acids is 1.